The van der Waals surface area contributed by atoms with E-state index in [1.807, 2.05) is 36.7 Å². The van der Waals surface area contributed by atoms with Crippen molar-refractivity contribution in [3.63, 3.8) is 0 Å². The summed E-state index contributed by atoms with van der Waals surface area (Å²) in [6.45, 7) is 16.9. The number of nitrogens with one attached hydrogen (secondary N) is 1. The van der Waals surface area contributed by atoms with Crippen LogP contribution in [0.3, 0.4) is 0 Å². The Morgan fingerprint density at radius 3 is 2.15 bits per heavy atom. The van der Waals surface area contributed by atoms with Gasteiger partial charge in [0.15, 0.2) is 0 Å². The van der Waals surface area contributed by atoms with Crippen molar-refractivity contribution in [2.45, 2.75) is 84.1 Å². The van der Waals surface area contributed by atoms with Crippen LogP contribution in [0.4, 0.5) is 5.82 Å². The first kappa shape index (κ1) is 25.4. The van der Waals surface area contributed by atoms with E-state index in [1.165, 1.54) is 4.31 Å². The van der Waals surface area contributed by atoms with Gasteiger partial charge in [-0.1, -0.05) is 38.5 Å². The fraction of sp³-hybridized carbons (Fsp3) is 0.600. The Labute approximate surface area is 198 Å². The van der Waals surface area contributed by atoms with E-state index in [0.29, 0.717) is 36.6 Å². The minimum Gasteiger partial charge on any atom is -0.311 e. The molecule has 0 saturated carbocycles. The van der Waals surface area contributed by atoms with Crippen LogP contribution >= 0.6 is 0 Å². The highest BCUT2D eigenvalue weighted by Gasteiger charge is 2.34. The summed E-state index contributed by atoms with van der Waals surface area (Å²) in [7, 11) is -3.57. The number of carbonyl (C=O) groups is 1. The average molecular weight is 475 g/mol. The maximum Gasteiger partial charge on any atom is 0.243 e. The van der Waals surface area contributed by atoms with Gasteiger partial charge in [0.1, 0.15) is 5.82 Å². The Morgan fingerprint density at radius 1 is 1.03 bits per heavy atom. The molecular weight excluding hydrogens is 436 g/mol. The highest BCUT2D eigenvalue weighted by atomic mass is 32.2. The number of aryl methyl sites for hydroxylation is 2. The molecule has 1 fully saturated rings. The number of hydrogen-bond acceptors (Lipinski definition) is 4. The maximum atomic E-state index is 13.2. The highest BCUT2D eigenvalue weighted by Crippen LogP contribution is 2.30. The summed E-state index contributed by atoms with van der Waals surface area (Å²) in [6, 6.07) is 7.34. The van der Waals surface area contributed by atoms with Gasteiger partial charge in [0, 0.05) is 30.5 Å². The monoisotopic (exact) mass is 474 g/mol. The Bertz CT molecular complexity index is 1130. The third kappa shape index (κ3) is 5.49. The molecule has 0 spiro atoms. The molecule has 0 radical (unpaired) electrons. The van der Waals surface area contributed by atoms with E-state index < -0.39 is 10.0 Å². The molecule has 0 unspecified atom stereocenters. The van der Waals surface area contributed by atoms with E-state index in [0.717, 1.165) is 16.8 Å². The van der Waals surface area contributed by atoms with Gasteiger partial charge in [-0.2, -0.15) is 9.40 Å². The van der Waals surface area contributed by atoms with Crippen LogP contribution in [0.15, 0.2) is 29.2 Å². The molecule has 3 rings (SSSR count). The quantitative estimate of drug-likeness (QED) is 0.702. The van der Waals surface area contributed by atoms with Gasteiger partial charge >= 0.3 is 0 Å². The van der Waals surface area contributed by atoms with Gasteiger partial charge in [0.2, 0.25) is 15.9 Å². The third-order valence-corrected chi connectivity index (χ3v) is 8.20. The van der Waals surface area contributed by atoms with Crippen LogP contribution in [0.1, 0.15) is 71.2 Å². The summed E-state index contributed by atoms with van der Waals surface area (Å²) in [5.74, 6) is 0.365. The SMILES string of the molecule is Cc1ccc(S(=O)(=O)N2CCC(C(=O)Nc3cc(C(C)(C)C)nn3C(C)(C)C)CC2)c(C)c1. The lowest BCUT2D eigenvalue weighted by Crippen LogP contribution is -2.41. The molecule has 1 aliphatic rings. The summed E-state index contributed by atoms with van der Waals surface area (Å²) in [6.07, 6.45) is 0.984. The van der Waals surface area contributed by atoms with Crippen LogP contribution in [-0.4, -0.2) is 41.5 Å². The Morgan fingerprint density at radius 2 is 1.64 bits per heavy atom. The van der Waals surface area contributed by atoms with Crippen molar-refractivity contribution in [2.24, 2.45) is 5.92 Å². The van der Waals surface area contributed by atoms with Crippen LogP contribution < -0.4 is 5.32 Å². The molecule has 33 heavy (non-hydrogen) atoms. The van der Waals surface area contributed by atoms with Crippen molar-refractivity contribution in [1.82, 2.24) is 14.1 Å². The Balaban J connectivity index is 1.72. The van der Waals surface area contributed by atoms with E-state index in [4.69, 9.17) is 5.10 Å². The van der Waals surface area contributed by atoms with Crippen molar-refractivity contribution >= 4 is 21.7 Å². The minimum absolute atomic E-state index is 0.0792. The molecule has 0 atom stereocenters. The molecular formula is C25H38N4O3S. The number of piperidine rings is 1. The fourth-order valence-corrected chi connectivity index (χ4v) is 5.84. The molecule has 1 N–H and O–H groups in total. The van der Waals surface area contributed by atoms with Crippen molar-refractivity contribution in [3.05, 3.63) is 41.1 Å². The second-order valence-corrected chi connectivity index (χ2v) is 13.1. The Hall–Kier alpha value is -2.19. The average Bonchev–Trinajstić information content (AvgIpc) is 3.12. The number of sulfonamides is 1. The van der Waals surface area contributed by atoms with Gasteiger partial charge in [-0.05, 0) is 59.1 Å². The number of rotatable bonds is 4. The zero-order chi connectivity index (χ0) is 24.8. The summed E-state index contributed by atoms with van der Waals surface area (Å²) in [5, 5.41) is 7.83. The molecule has 1 saturated heterocycles. The molecule has 1 amide bonds. The first-order valence-corrected chi connectivity index (χ1v) is 13.0. The zero-order valence-corrected chi connectivity index (χ0v) is 22.0. The van der Waals surface area contributed by atoms with E-state index >= 15 is 0 Å². The lowest BCUT2D eigenvalue weighted by atomic mass is 9.92. The first-order valence-electron chi connectivity index (χ1n) is 11.6. The number of nitrogens with zero attached hydrogens (tertiary/aromatic N) is 3. The van der Waals surface area contributed by atoms with Crippen LogP contribution in [0.2, 0.25) is 0 Å². The number of benzene rings is 1. The van der Waals surface area contributed by atoms with Gasteiger partial charge < -0.3 is 5.32 Å². The summed E-state index contributed by atoms with van der Waals surface area (Å²) >= 11 is 0. The number of hydrogen-bond donors (Lipinski definition) is 1. The second-order valence-electron chi connectivity index (χ2n) is 11.2. The molecule has 0 bridgehead atoms. The van der Waals surface area contributed by atoms with Gasteiger partial charge in [-0.15, -0.1) is 0 Å². The largest absolute Gasteiger partial charge is 0.311 e. The third-order valence-electron chi connectivity index (χ3n) is 6.14. The van der Waals surface area contributed by atoms with E-state index in [-0.39, 0.29) is 22.8 Å². The number of anilines is 1. The molecule has 0 aliphatic carbocycles. The molecule has 8 heteroatoms. The molecule has 182 valence electrons. The predicted octanol–water partition coefficient (Wildman–Crippen LogP) is 4.59. The van der Waals surface area contributed by atoms with E-state index in [1.54, 1.807) is 6.07 Å². The topological polar surface area (TPSA) is 84.3 Å². The van der Waals surface area contributed by atoms with E-state index in [2.05, 4.69) is 46.9 Å². The number of carbonyl (C=O) groups excluding carboxylic acids is 1. The lowest BCUT2D eigenvalue weighted by Gasteiger charge is -2.31. The van der Waals surface area contributed by atoms with Gasteiger partial charge in [0.25, 0.3) is 0 Å². The smallest absolute Gasteiger partial charge is 0.243 e. The molecule has 2 heterocycles. The van der Waals surface area contributed by atoms with Crippen molar-refractivity contribution in [3.8, 4) is 0 Å². The van der Waals surface area contributed by atoms with Crippen LogP contribution in [-0.2, 0) is 25.8 Å². The number of aromatic nitrogens is 2. The first-order chi connectivity index (χ1) is 15.1. The predicted molar refractivity (Wildman–Crippen MR) is 132 cm³/mol. The van der Waals surface area contributed by atoms with Gasteiger partial charge in [0.05, 0.1) is 16.1 Å². The highest BCUT2D eigenvalue weighted by molar-refractivity contribution is 7.89. The van der Waals surface area contributed by atoms with Gasteiger partial charge in [-0.3, -0.25) is 4.79 Å². The van der Waals surface area contributed by atoms with Gasteiger partial charge in [-0.25, -0.2) is 13.1 Å². The maximum absolute atomic E-state index is 13.2. The zero-order valence-electron chi connectivity index (χ0n) is 21.2. The molecule has 1 aromatic carbocycles. The second kappa shape index (κ2) is 8.87. The fourth-order valence-electron chi connectivity index (χ4n) is 4.16. The molecule has 1 aliphatic heterocycles. The van der Waals surface area contributed by atoms with Crippen LogP contribution in [0.5, 0.6) is 0 Å². The van der Waals surface area contributed by atoms with Crippen molar-refractivity contribution < 1.29 is 13.2 Å². The van der Waals surface area contributed by atoms with Crippen molar-refractivity contribution in [1.29, 1.82) is 0 Å². The van der Waals surface area contributed by atoms with Crippen molar-refractivity contribution in [2.75, 3.05) is 18.4 Å². The number of amides is 1. The van der Waals surface area contributed by atoms with E-state index in [9.17, 15) is 13.2 Å². The normalized spacial score (nSPS) is 16.7. The summed E-state index contributed by atoms with van der Waals surface area (Å²) in [4.78, 5) is 13.5. The summed E-state index contributed by atoms with van der Waals surface area (Å²) < 4.78 is 29.7. The van der Waals surface area contributed by atoms with Crippen LogP contribution in [0.25, 0.3) is 0 Å². The molecule has 2 aromatic rings. The standard InChI is InChI=1S/C25H38N4O3S/c1-17-9-10-20(18(2)15-17)33(31,32)28-13-11-19(12-14-28)23(30)26-22-16-21(24(3,4)5)27-29(22)25(6,7)8/h9-10,15-16,19H,11-14H2,1-8H3,(H,26,30). The minimum atomic E-state index is -3.57. The Kier molecular flexibility index (Phi) is 6.84. The molecule has 1 aromatic heterocycles. The summed E-state index contributed by atoms with van der Waals surface area (Å²) in [5.41, 5.74) is 2.28. The lowest BCUT2D eigenvalue weighted by molar-refractivity contribution is -0.121. The molecule has 7 nitrogen and oxygen atoms in total. The van der Waals surface area contributed by atoms with Crippen LogP contribution in [0, 0.1) is 19.8 Å².